The van der Waals surface area contributed by atoms with Crippen LogP contribution < -0.4 is 0 Å². The van der Waals surface area contributed by atoms with Gasteiger partial charge in [0.25, 0.3) is 0 Å². The number of likely N-dealkylation sites (tertiary alicyclic amines) is 1. The molecule has 0 bridgehead atoms. The Labute approximate surface area is 146 Å². The maximum absolute atomic E-state index is 6.01. The van der Waals surface area contributed by atoms with Gasteiger partial charge in [0.2, 0.25) is 11.8 Å². The Morgan fingerprint density at radius 3 is 2.60 bits per heavy atom. The highest BCUT2D eigenvalue weighted by atomic mass is 16.5. The van der Waals surface area contributed by atoms with Crippen molar-refractivity contribution in [3.05, 3.63) is 54.1 Å². The average Bonchev–Trinajstić information content (AvgIpc) is 3.31. The normalized spacial score (nSPS) is 17.7. The molecule has 1 atom stereocenters. The van der Waals surface area contributed by atoms with Gasteiger partial charge in [0.15, 0.2) is 11.6 Å². The predicted molar refractivity (Wildman–Crippen MR) is 92.9 cm³/mol. The van der Waals surface area contributed by atoms with Crippen LogP contribution in [-0.4, -0.2) is 33.1 Å². The molecule has 0 unspecified atom stereocenters. The zero-order valence-electron chi connectivity index (χ0n) is 14.6. The van der Waals surface area contributed by atoms with Gasteiger partial charge in [-0.05, 0) is 32.9 Å². The second-order valence-corrected chi connectivity index (χ2v) is 6.59. The summed E-state index contributed by atoms with van der Waals surface area (Å²) < 4.78 is 11.1. The molecule has 6 heteroatoms. The molecule has 0 radical (unpaired) electrons. The Morgan fingerprint density at radius 2 is 1.92 bits per heavy atom. The number of piperidine rings is 1. The van der Waals surface area contributed by atoms with E-state index in [1.807, 2.05) is 43.5 Å². The third-order valence-corrected chi connectivity index (χ3v) is 4.92. The van der Waals surface area contributed by atoms with Crippen molar-refractivity contribution in [2.24, 2.45) is 0 Å². The first-order valence-corrected chi connectivity index (χ1v) is 8.76. The zero-order valence-corrected chi connectivity index (χ0v) is 14.6. The number of oxazole rings is 1. The lowest BCUT2D eigenvalue weighted by atomic mass is 9.95. The molecule has 0 N–H and O–H groups in total. The van der Waals surface area contributed by atoms with Crippen molar-refractivity contribution in [3.8, 4) is 11.3 Å². The first-order chi connectivity index (χ1) is 12.2. The van der Waals surface area contributed by atoms with Crippen molar-refractivity contribution < 1.29 is 8.94 Å². The first kappa shape index (κ1) is 16.0. The van der Waals surface area contributed by atoms with E-state index in [4.69, 9.17) is 8.94 Å². The van der Waals surface area contributed by atoms with Crippen LogP contribution in [0.15, 0.2) is 45.5 Å². The zero-order chi connectivity index (χ0) is 17.2. The van der Waals surface area contributed by atoms with Crippen LogP contribution in [0.25, 0.3) is 11.3 Å². The summed E-state index contributed by atoms with van der Waals surface area (Å²) in [5, 5.41) is 4.07. The molecule has 0 aliphatic carbocycles. The van der Waals surface area contributed by atoms with Crippen molar-refractivity contribution in [1.29, 1.82) is 0 Å². The van der Waals surface area contributed by atoms with Gasteiger partial charge in [-0.1, -0.05) is 35.5 Å². The Kier molecular flexibility index (Phi) is 4.36. The Balaban J connectivity index is 1.41. The molecule has 6 nitrogen and oxygen atoms in total. The minimum atomic E-state index is 0.158. The van der Waals surface area contributed by atoms with Crippen molar-refractivity contribution in [2.75, 3.05) is 13.1 Å². The van der Waals surface area contributed by atoms with Gasteiger partial charge in [-0.3, -0.25) is 4.90 Å². The monoisotopic (exact) mass is 338 g/mol. The molecule has 0 spiro atoms. The highest BCUT2D eigenvalue weighted by molar-refractivity contribution is 5.55. The minimum absolute atomic E-state index is 0.158. The molecule has 2 aromatic heterocycles. The van der Waals surface area contributed by atoms with Gasteiger partial charge >= 0.3 is 0 Å². The van der Waals surface area contributed by atoms with Gasteiger partial charge in [0.1, 0.15) is 0 Å². The number of hydrogen-bond acceptors (Lipinski definition) is 6. The maximum atomic E-state index is 6.01. The fraction of sp³-hybridized carbons (Fsp3) is 0.421. The van der Waals surface area contributed by atoms with Gasteiger partial charge in [0.05, 0.1) is 12.2 Å². The van der Waals surface area contributed by atoms with Crippen molar-refractivity contribution >= 4 is 0 Å². The van der Waals surface area contributed by atoms with Crippen LogP contribution in [-0.2, 0) is 0 Å². The van der Waals surface area contributed by atoms with E-state index in [1.54, 1.807) is 0 Å². The van der Waals surface area contributed by atoms with Crippen LogP contribution in [0.3, 0.4) is 0 Å². The summed E-state index contributed by atoms with van der Waals surface area (Å²) in [6, 6.07) is 10.2. The smallest absolute Gasteiger partial charge is 0.223 e. The number of benzene rings is 1. The summed E-state index contributed by atoms with van der Waals surface area (Å²) >= 11 is 0. The molecule has 0 amide bonds. The number of hydrogen-bond donors (Lipinski definition) is 0. The number of rotatable bonds is 4. The van der Waals surface area contributed by atoms with Gasteiger partial charge in [-0.2, -0.15) is 4.98 Å². The van der Waals surface area contributed by atoms with Crippen molar-refractivity contribution in [2.45, 2.75) is 38.6 Å². The minimum Gasteiger partial charge on any atom is -0.439 e. The van der Waals surface area contributed by atoms with Crippen LogP contribution in [0.4, 0.5) is 0 Å². The molecule has 25 heavy (non-hydrogen) atoms. The third kappa shape index (κ3) is 3.35. The van der Waals surface area contributed by atoms with Crippen LogP contribution in [0, 0.1) is 6.92 Å². The molecule has 0 saturated carbocycles. The van der Waals surface area contributed by atoms with E-state index in [2.05, 4.69) is 26.9 Å². The highest BCUT2D eigenvalue weighted by Crippen LogP contribution is 2.32. The van der Waals surface area contributed by atoms with E-state index in [0.717, 1.165) is 49.0 Å². The SMILES string of the molecule is Cc1nc(C2CCN([C@@H](C)c3ncc(-c4ccccc4)o3)CC2)no1. The van der Waals surface area contributed by atoms with Crippen molar-refractivity contribution in [1.82, 2.24) is 20.0 Å². The third-order valence-electron chi connectivity index (χ3n) is 4.92. The van der Waals surface area contributed by atoms with Gasteiger partial charge < -0.3 is 8.94 Å². The number of aryl methyl sites for hydroxylation is 1. The Morgan fingerprint density at radius 1 is 1.16 bits per heavy atom. The standard InChI is InChI=1S/C19H22N4O2/c1-13(19-20-12-17(24-19)15-6-4-3-5-7-15)23-10-8-16(9-11-23)18-21-14(2)25-22-18/h3-7,12-13,16H,8-11H2,1-2H3/t13-/m0/s1. The Hall–Kier alpha value is -2.47. The second kappa shape index (κ2) is 6.80. The summed E-state index contributed by atoms with van der Waals surface area (Å²) in [7, 11) is 0. The van der Waals surface area contributed by atoms with Gasteiger partial charge in [-0.15, -0.1) is 0 Å². The number of aromatic nitrogens is 3. The van der Waals surface area contributed by atoms with E-state index >= 15 is 0 Å². The summed E-state index contributed by atoms with van der Waals surface area (Å²) in [5.41, 5.74) is 1.06. The summed E-state index contributed by atoms with van der Waals surface area (Å²) in [6.45, 7) is 5.94. The molecular weight excluding hydrogens is 316 g/mol. The van der Waals surface area contributed by atoms with Crippen LogP contribution in [0.2, 0.25) is 0 Å². The van der Waals surface area contributed by atoms with E-state index in [1.165, 1.54) is 0 Å². The van der Waals surface area contributed by atoms with Crippen LogP contribution in [0.5, 0.6) is 0 Å². The molecule has 130 valence electrons. The topological polar surface area (TPSA) is 68.2 Å². The molecule has 3 heterocycles. The van der Waals surface area contributed by atoms with E-state index in [9.17, 15) is 0 Å². The quantitative estimate of drug-likeness (QED) is 0.717. The Bertz CT molecular complexity index is 819. The van der Waals surface area contributed by atoms with E-state index in [0.29, 0.717) is 11.8 Å². The van der Waals surface area contributed by atoms with Gasteiger partial charge in [-0.25, -0.2) is 4.98 Å². The maximum Gasteiger partial charge on any atom is 0.223 e. The fourth-order valence-corrected chi connectivity index (χ4v) is 3.40. The molecule has 1 saturated heterocycles. The number of nitrogens with zero attached hydrogens (tertiary/aromatic N) is 4. The molecule has 4 rings (SSSR count). The molecule has 1 fully saturated rings. The molecule has 3 aromatic rings. The largest absolute Gasteiger partial charge is 0.439 e. The van der Waals surface area contributed by atoms with Crippen LogP contribution in [0.1, 0.15) is 49.3 Å². The predicted octanol–water partition coefficient (Wildman–Crippen LogP) is 3.97. The molecule has 1 aliphatic rings. The fourth-order valence-electron chi connectivity index (χ4n) is 3.40. The lowest BCUT2D eigenvalue weighted by Gasteiger charge is -2.33. The van der Waals surface area contributed by atoms with E-state index < -0.39 is 0 Å². The van der Waals surface area contributed by atoms with Crippen molar-refractivity contribution in [3.63, 3.8) is 0 Å². The average molecular weight is 338 g/mol. The summed E-state index contributed by atoms with van der Waals surface area (Å²) in [5.74, 6) is 3.45. The molecule has 1 aliphatic heterocycles. The lowest BCUT2D eigenvalue weighted by Crippen LogP contribution is -2.35. The van der Waals surface area contributed by atoms with Crippen LogP contribution >= 0.6 is 0 Å². The highest BCUT2D eigenvalue weighted by Gasteiger charge is 2.28. The first-order valence-electron chi connectivity index (χ1n) is 8.76. The second-order valence-electron chi connectivity index (χ2n) is 6.59. The lowest BCUT2D eigenvalue weighted by molar-refractivity contribution is 0.141. The van der Waals surface area contributed by atoms with Gasteiger partial charge in [0, 0.05) is 18.4 Å². The molecule has 1 aromatic carbocycles. The molecular formula is C19H22N4O2. The summed E-state index contributed by atoms with van der Waals surface area (Å²) in [6.07, 6.45) is 3.86. The summed E-state index contributed by atoms with van der Waals surface area (Å²) in [4.78, 5) is 11.3. The van der Waals surface area contributed by atoms with E-state index in [-0.39, 0.29) is 6.04 Å².